The molecule has 90 heavy (non-hydrogen) atoms. The van der Waals surface area contributed by atoms with Crippen LogP contribution in [0, 0.1) is 139 Å². The van der Waals surface area contributed by atoms with Gasteiger partial charge in [0, 0.05) is 16.1 Å². The van der Waals surface area contributed by atoms with Gasteiger partial charge in [-0.3, -0.25) is 0 Å². The minimum Gasteiger partial charge on any atom is -0.0693 e. The molecule has 0 aliphatic heterocycles. The Kier molecular flexibility index (Phi) is 38.0. The SMILES string of the molecule is CC1CC(C(C)(C)C)CC1C.CC1CC([Si](C)(C)C)CC1C.CC1CCC(C(C)(C)C)C1.CC1CCC([Si](C)(C)C)C1.CCC(C)(C)C1CC(C)C(C)C1.CCC(C)(C)C1CCC(C)C1.CCC(C)(CC)C1CC(C)C(C)C1.CCC(C)(CC)C1CCC(C)C1. The van der Waals surface area contributed by atoms with Crippen molar-refractivity contribution in [3.8, 4) is 0 Å². The first-order valence-corrected chi connectivity index (χ1v) is 48.2. The zero-order valence-corrected chi connectivity index (χ0v) is 71.9. The van der Waals surface area contributed by atoms with Crippen LogP contribution < -0.4 is 0 Å². The van der Waals surface area contributed by atoms with Crippen LogP contribution in [0.25, 0.3) is 0 Å². The molecule has 8 fully saturated rings. The minimum absolute atomic E-state index is 0.541. The first-order chi connectivity index (χ1) is 41.0. The first-order valence-electron chi connectivity index (χ1n) is 41.0. The normalized spacial score (nSPS) is 35.6. The zero-order valence-electron chi connectivity index (χ0n) is 69.9. The molecule has 0 aromatic heterocycles. The van der Waals surface area contributed by atoms with Gasteiger partial charge in [0.1, 0.15) is 0 Å². The standard InChI is InChI=1S/C13H26.2C12H24.2C11H22.C10H22Si.C10H20.C9H20Si/c1-6-13(5,7-2)12-8-10(3)11(4)9-12;1-6-12(4,5)11-7-9(2)10(3)8-11;1-5-12(4,6-2)11-8-7-10(3)9-11;1-8-6-10(7-9(8)2)11(3,4)5;1-5-11(3,4)10-7-6-9(2)8-10;1-8-6-10(7-9(8)2)11(3,4)5;2*1-8-5-6-9(7-8)10(2,3)4/h10-12H,6-9H2,1-5H3;9-11H,6-8H2,1-5H3;10-11H,5-9H2,1-4H3;8-10H,6-7H2,1-5H3;9-10H,5-8H2,1-4H3;8-10H,6-7H2,1-5H3;2*8-9H,5-7H2,1-4H3. The molecule has 16 unspecified atom stereocenters. The van der Waals surface area contributed by atoms with E-state index in [0.29, 0.717) is 32.5 Å². The quantitative estimate of drug-likeness (QED) is 0.171. The molecule has 16 atom stereocenters. The molecule has 0 heterocycles. The molecular weight excluding hydrogens is 1110 g/mol. The zero-order chi connectivity index (χ0) is 69.9. The van der Waals surface area contributed by atoms with Crippen LogP contribution in [0.4, 0.5) is 0 Å². The molecule has 540 valence electrons. The summed E-state index contributed by atoms with van der Waals surface area (Å²) in [5.74, 6) is 17.7. The molecule has 0 aromatic rings. The van der Waals surface area contributed by atoms with Crippen molar-refractivity contribution >= 4 is 16.1 Å². The number of hydrogen-bond acceptors (Lipinski definition) is 0. The Morgan fingerprint density at radius 3 is 0.711 bits per heavy atom. The van der Waals surface area contributed by atoms with E-state index in [2.05, 4.69) is 247 Å². The van der Waals surface area contributed by atoms with Crippen LogP contribution in [0.5, 0.6) is 0 Å². The lowest BCUT2D eigenvalue weighted by Gasteiger charge is -2.34. The maximum atomic E-state index is 2.52. The van der Waals surface area contributed by atoms with E-state index in [-0.39, 0.29) is 0 Å². The summed E-state index contributed by atoms with van der Waals surface area (Å²) in [6, 6.07) is 0. The minimum atomic E-state index is -0.808. The molecule has 0 nitrogen and oxygen atoms in total. The van der Waals surface area contributed by atoms with Gasteiger partial charge in [0.2, 0.25) is 0 Å². The molecule has 2 heteroatoms. The van der Waals surface area contributed by atoms with E-state index in [1.807, 2.05) is 0 Å². The van der Waals surface area contributed by atoms with Gasteiger partial charge in [-0.2, -0.15) is 0 Å². The van der Waals surface area contributed by atoms with Gasteiger partial charge in [0.15, 0.2) is 0 Å². The predicted molar refractivity (Wildman–Crippen MR) is 422 cm³/mol. The van der Waals surface area contributed by atoms with Gasteiger partial charge >= 0.3 is 0 Å². The molecule has 0 saturated heterocycles. The van der Waals surface area contributed by atoms with Gasteiger partial charge < -0.3 is 0 Å². The Labute approximate surface area is 576 Å². The highest BCUT2D eigenvalue weighted by atomic mass is 28.3. The average molecular weight is 1290 g/mol. The summed E-state index contributed by atoms with van der Waals surface area (Å²) in [5, 5.41) is 0. The Morgan fingerprint density at radius 1 is 0.233 bits per heavy atom. The highest BCUT2D eigenvalue weighted by Crippen LogP contribution is 2.52. The Bertz CT molecular complexity index is 1750. The van der Waals surface area contributed by atoms with Gasteiger partial charge in [0.05, 0.1) is 0 Å². The summed E-state index contributed by atoms with van der Waals surface area (Å²) >= 11 is 0. The van der Waals surface area contributed by atoms with Crippen LogP contribution in [0.2, 0.25) is 50.4 Å². The van der Waals surface area contributed by atoms with Crippen molar-refractivity contribution in [2.45, 2.75) is 425 Å². The topological polar surface area (TPSA) is 0 Å². The van der Waals surface area contributed by atoms with Crippen molar-refractivity contribution in [1.29, 1.82) is 0 Å². The molecule has 8 aliphatic carbocycles. The molecule has 8 aliphatic rings. The first kappa shape index (κ1) is 88.4. The maximum absolute atomic E-state index is 2.52. The van der Waals surface area contributed by atoms with Crippen LogP contribution in [0.15, 0.2) is 0 Å². The molecule has 0 bridgehead atoms. The second-order valence-electron chi connectivity index (χ2n) is 41.8. The largest absolute Gasteiger partial charge is 0.0693 e. The molecule has 0 amide bonds. The van der Waals surface area contributed by atoms with Gasteiger partial charge in [0.25, 0.3) is 0 Å². The van der Waals surface area contributed by atoms with E-state index in [9.17, 15) is 0 Å². The molecule has 0 spiro atoms. The fourth-order valence-electron chi connectivity index (χ4n) is 18.4. The van der Waals surface area contributed by atoms with Crippen molar-refractivity contribution in [2.75, 3.05) is 0 Å². The predicted octanol–water partition coefficient (Wildman–Crippen LogP) is 31.2. The molecule has 0 aromatic carbocycles. The Balaban J connectivity index is 0.000000515. The second-order valence-corrected chi connectivity index (χ2v) is 52.9. The highest BCUT2D eigenvalue weighted by molar-refractivity contribution is 6.78. The molecule has 0 N–H and O–H groups in total. The maximum Gasteiger partial charge on any atom is 0.0474 e. The molecule has 0 radical (unpaired) electrons. The van der Waals surface area contributed by atoms with Gasteiger partial charge in [-0.25, -0.2) is 0 Å². The highest BCUT2D eigenvalue weighted by Gasteiger charge is 2.42. The van der Waals surface area contributed by atoms with Crippen molar-refractivity contribution in [3.63, 3.8) is 0 Å². The third-order valence-electron chi connectivity index (χ3n) is 30.0. The van der Waals surface area contributed by atoms with Crippen molar-refractivity contribution in [1.82, 2.24) is 0 Å². The van der Waals surface area contributed by atoms with E-state index in [0.717, 1.165) is 118 Å². The molecule has 8 saturated carbocycles. The lowest BCUT2D eigenvalue weighted by atomic mass is 9.72. The summed E-state index contributed by atoms with van der Waals surface area (Å²) in [6.45, 7) is 87.0. The third-order valence-corrected chi connectivity index (χ3v) is 35.9. The Morgan fingerprint density at radius 2 is 0.489 bits per heavy atom. The van der Waals surface area contributed by atoms with Crippen LogP contribution in [0.3, 0.4) is 0 Å². The van der Waals surface area contributed by atoms with Crippen LogP contribution in [-0.2, 0) is 0 Å². The monoisotopic (exact) mass is 1290 g/mol. The third kappa shape index (κ3) is 29.9. The van der Waals surface area contributed by atoms with Crippen molar-refractivity contribution in [2.24, 2.45) is 139 Å². The van der Waals surface area contributed by atoms with Crippen LogP contribution in [-0.4, -0.2) is 16.1 Å². The molecule has 8 rings (SSSR count). The summed E-state index contributed by atoms with van der Waals surface area (Å²) in [5.41, 5.74) is 5.78. The van der Waals surface area contributed by atoms with E-state index in [1.165, 1.54) is 167 Å². The molecular formula is C88H180Si2. The fourth-order valence-corrected chi connectivity index (χ4v) is 22.7. The van der Waals surface area contributed by atoms with Crippen LogP contribution >= 0.6 is 0 Å². The summed E-state index contributed by atoms with van der Waals surface area (Å²) < 4.78 is 0. The number of hydrogen-bond donors (Lipinski definition) is 0. The second kappa shape index (κ2) is 38.7. The summed E-state index contributed by atoms with van der Waals surface area (Å²) in [4.78, 5) is 0. The smallest absolute Gasteiger partial charge is 0.0474 e. The van der Waals surface area contributed by atoms with Crippen molar-refractivity contribution in [3.05, 3.63) is 0 Å². The van der Waals surface area contributed by atoms with Gasteiger partial charge in [-0.05, 0) is 240 Å². The Hall–Kier alpha value is 0.434. The lowest BCUT2D eigenvalue weighted by molar-refractivity contribution is 0.166. The average Bonchev–Trinajstić information content (AvgIpc) is 1.91. The van der Waals surface area contributed by atoms with Gasteiger partial charge in [-0.15, -0.1) is 0 Å². The number of rotatable bonds is 12. The van der Waals surface area contributed by atoms with E-state index in [1.54, 1.807) is 0 Å². The van der Waals surface area contributed by atoms with E-state index < -0.39 is 16.1 Å². The lowest BCUT2D eigenvalue weighted by Crippen LogP contribution is -2.26. The van der Waals surface area contributed by atoms with E-state index >= 15 is 0 Å². The summed E-state index contributed by atoms with van der Waals surface area (Å²) in [6.07, 6.45) is 37.7. The van der Waals surface area contributed by atoms with E-state index in [4.69, 9.17) is 0 Å². The summed E-state index contributed by atoms with van der Waals surface area (Å²) in [7, 11) is -1.57. The van der Waals surface area contributed by atoms with Crippen molar-refractivity contribution < 1.29 is 0 Å². The fraction of sp³-hybridized carbons (Fsp3) is 1.00. The van der Waals surface area contributed by atoms with Gasteiger partial charge in [-0.1, -0.05) is 324 Å². The van der Waals surface area contributed by atoms with Crippen LogP contribution in [0.1, 0.15) is 375 Å².